The van der Waals surface area contributed by atoms with Crippen molar-refractivity contribution in [2.45, 2.75) is 24.3 Å². The second-order valence-electron chi connectivity index (χ2n) is 5.56. The molecule has 0 amide bonds. The molecule has 1 heterocycles. The Morgan fingerprint density at radius 1 is 1.17 bits per heavy atom. The number of thioether (sulfide) groups is 1. The summed E-state index contributed by atoms with van der Waals surface area (Å²) in [4.78, 5) is 17.8. The molecule has 24 heavy (non-hydrogen) atoms. The third-order valence-corrected chi connectivity index (χ3v) is 5.10. The molecular formula is C18H17IN2O2S. The lowest BCUT2D eigenvalue weighted by Gasteiger charge is -2.15. The first kappa shape index (κ1) is 17.3. The molecule has 0 saturated heterocycles. The van der Waals surface area contributed by atoms with Gasteiger partial charge in [-0.05, 0) is 65.1 Å². The Morgan fingerprint density at radius 2 is 1.88 bits per heavy atom. The normalized spacial score (nSPS) is 11.2. The Morgan fingerprint density at radius 3 is 2.50 bits per heavy atom. The summed E-state index contributed by atoms with van der Waals surface area (Å²) in [5, 5.41) is 1.65. The predicted octanol–water partition coefficient (Wildman–Crippen LogP) is 4.50. The minimum atomic E-state index is -0.0492. The van der Waals surface area contributed by atoms with Crippen LogP contribution >= 0.6 is 34.4 Å². The number of ether oxygens (including phenoxy) is 1. The average molecular weight is 452 g/mol. The van der Waals surface area contributed by atoms with Crippen LogP contribution < -0.4 is 10.3 Å². The first-order valence-corrected chi connectivity index (χ1v) is 9.49. The molecule has 0 N–H and O–H groups in total. The van der Waals surface area contributed by atoms with E-state index in [1.165, 1.54) is 0 Å². The fourth-order valence-electron chi connectivity index (χ4n) is 2.39. The van der Waals surface area contributed by atoms with Crippen LogP contribution in [0.2, 0.25) is 0 Å². The lowest BCUT2D eigenvalue weighted by atomic mass is 10.2. The van der Waals surface area contributed by atoms with Gasteiger partial charge in [0.25, 0.3) is 5.56 Å². The van der Waals surface area contributed by atoms with E-state index in [1.54, 1.807) is 23.4 Å². The van der Waals surface area contributed by atoms with Crippen molar-refractivity contribution in [3.8, 4) is 11.4 Å². The van der Waals surface area contributed by atoms with Gasteiger partial charge in [0.15, 0.2) is 5.16 Å². The number of hydrogen-bond donors (Lipinski definition) is 0. The molecule has 0 spiro atoms. The van der Waals surface area contributed by atoms with Crippen LogP contribution in [0.25, 0.3) is 16.6 Å². The minimum Gasteiger partial charge on any atom is -0.497 e. The molecule has 0 atom stereocenters. The zero-order chi connectivity index (χ0) is 17.3. The molecule has 0 fully saturated rings. The largest absolute Gasteiger partial charge is 0.497 e. The molecule has 3 rings (SSSR count). The second-order valence-corrected chi connectivity index (χ2v) is 8.35. The molecule has 0 aliphatic carbocycles. The van der Waals surface area contributed by atoms with Crippen LogP contribution in [0, 0.1) is 3.57 Å². The molecule has 0 radical (unpaired) electrons. The smallest absolute Gasteiger partial charge is 0.266 e. The highest BCUT2D eigenvalue weighted by atomic mass is 127. The Kier molecular flexibility index (Phi) is 5.15. The van der Waals surface area contributed by atoms with E-state index in [0.29, 0.717) is 15.8 Å². The Hall–Kier alpha value is -1.54. The molecular weight excluding hydrogens is 435 g/mol. The maximum atomic E-state index is 13.1. The van der Waals surface area contributed by atoms with E-state index in [4.69, 9.17) is 9.72 Å². The molecule has 0 saturated carbocycles. The van der Waals surface area contributed by atoms with Gasteiger partial charge in [-0.3, -0.25) is 9.36 Å². The summed E-state index contributed by atoms with van der Waals surface area (Å²) in [6.07, 6.45) is 0. The van der Waals surface area contributed by atoms with Gasteiger partial charge in [0.2, 0.25) is 0 Å². The SMILES string of the molecule is COc1ccc(-n2c(SC(C)C)nc3ccc(I)cc3c2=O)cc1. The number of fused-ring (bicyclic) bond motifs is 1. The zero-order valence-corrected chi connectivity index (χ0v) is 16.6. The highest BCUT2D eigenvalue weighted by Gasteiger charge is 2.15. The fourth-order valence-corrected chi connectivity index (χ4v) is 3.74. The van der Waals surface area contributed by atoms with Crippen molar-refractivity contribution in [1.29, 1.82) is 0 Å². The van der Waals surface area contributed by atoms with Gasteiger partial charge in [0.05, 0.1) is 23.7 Å². The minimum absolute atomic E-state index is 0.0492. The van der Waals surface area contributed by atoms with E-state index < -0.39 is 0 Å². The van der Waals surface area contributed by atoms with Crippen molar-refractivity contribution in [3.63, 3.8) is 0 Å². The summed E-state index contributed by atoms with van der Waals surface area (Å²) in [5.41, 5.74) is 1.47. The van der Waals surface area contributed by atoms with Gasteiger partial charge in [-0.15, -0.1) is 0 Å². The quantitative estimate of drug-likeness (QED) is 0.332. The summed E-state index contributed by atoms with van der Waals surface area (Å²) in [6, 6.07) is 13.2. The molecule has 4 nitrogen and oxygen atoms in total. The fraction of sp³-hybridized carbons (Fsp3) is 0.222. The lowest BCUT2D eigenvalue weighted by Crippen LogP contribution is -2.22. The third kappa shape index (κ3) is 3.44. The molecule has 0 bridgehead atoms. The van der Waals surface area contributed by atoms with Gasteiger partial charge < -0.3 is 4.74 Å². The first-order valence-electron chi connectivity index (χ1n) is 7.53. The van der Waals surface area contributed by atoms with Gasteiger partial charge in [0, 0.05) is 8.82 Å². The predicted molar refractivity (Wildman–Crippen MR) is 108 cm³/mol. The van der Waals surface area contributed by atoms with Crippen molar-refractivity contribution < 1.29 is 4.74 Å². The van der Waals surface area contributed by atoms with Crippen LogP contribution in [0.1, 0.15) is 13.8 Å². The van der Waals surface area contributed by atoms with Gasteiger partial charge in [-0.2, -0.15) is 0 Å². The van der Waals surface area contributed by atoms with Crippen LogP contribution in [-0.2, 0) is 0 Å². The van der Waals surface area contributed by atoms with Crippen LogP contribution in [0.5, 0.6) is 5.75 Å². The van der Waals surface area contributed by atoms with Gasteiger partial charge in [-0.1, -0.05) is 25.6 Å². The van der Waals surface area contributed by atoms with E-state index in [1.807, 2.05) is 42.5 Å². The van der Waals surface area contributed by atoms with Gasteiger partial charge >= 0.3 is 0 Å². The first-order chi connectivity index (χ1) is 11.5. The Bertz CT molecular complexity index is 936. The molecule has 3 aromatic rings. The number of halogens is 1. The summed E-state index contributed by atoms with van der Waals surface area (Å²) in [6.45, 7) is 4.18. The van der Waals surface area contributed by atoms with Crippen LogP contribution in [0.4, 0.5) is 0 Å². The van der Waals surface area contributed by atoms with E-state index in [-0.39, 0.29) is 5.56 Å². The number of benzene rings is 2. The molecule has 124 valence electrons. The highest BCUT2D eigenvalue weighted by molar-refractivity contribution is 14.1. The van der Waals surface area contributed by atoms with E-state index in [0.717, 1.165) is 20.5 Å². The van der Waals surface area contributed by atoms with E-state index >= 15 is 0 Å². The summed E-state index contributed by atoms with van der Waals surface area (Å²) < 4.78 is 7.91. The number of rotatable bonds is 4. The average Bonchev–Trinajstić information content (AvgIpc) is 2.56. The lowest BCUT2D eigenvalue weighted by molar-refractivity contribution is 0.414. The van der Waals surface area contributed by atoms with Gasteiger partial charge in [0.1, 0.15) is 5.75 Å². The molecule has 0 aliphatic heterocycles. The monoisotopic (exact) mass is 452 g/mol. The summed E-state index contributed by atoms with van der Waals surface area (Å²) >= 11 is 3.79. The molecule has 2 aromatic carbocycles. The zero-order valence-electron chi connectivity index (χ0n) is 13.6. The van der Waals surface area contributed by atoms with Crippen molar-refractivity contribution >= 4 is 45.3 Å². The Labute approximate surface area is 158 Å². The molecule has 0 unspecified atom stereocenters. The maximum Gasteiger partial charge on any atom is 0.266 e. The van der Waals surface area contributed by atoms with Crippen LogP contribution in [0.3, 0.4) is 0 Å². The Balaban J connectivity index is 2.29. The van der Waals surface area contributed by atoms with Crippen LogP contribution in [-0.4, -0.2) is 21.9 Å². The number of methoxy groups -OCH3 is 1. The third-order valence-electron chi connectivity index (χ3n) is 3.47. The molecule has 1 aromatic heterocycles. The topological polar surface area (TPSA) is 44.1 Å². The standard InChI is InChI=1S/C18H17IN2O2S/c1-11(2)24-18-20-16-9-4-12(19)10-15(16)17(22)21(18)13-5-7-14(23-3)8-6-13/h4-11H,1-3H3. The van der Waals surface area contributed by atoms with Crippen molar-refractivity contribution in [2.75, 3.05) is 7.11 Å². The number of aromatic nitrogens is 2. The summed E-state index contributed by atoms with van der Waals surface area (Å²) in [5.74, 6) is 0.758. The van der Waals surface area contributed by atoms with Gasteiger partial charge in [-0.25, -0.2) is 4.98 Å². The molecule has 6 heteroatoms. The van der Waals surface area contributed by atoms with E-state index in [2.05, 4.69) is 36.4 Å². The number of nitrogens with zero attached hydrogens (tertiary/aromatic N) is 2. The van der Waals surface area contributed by atoms with Crippen LogP contribution in [0.15, 0.2) is 52.4 Å². The molecule has 0 aliphatic rings. The maximum absolute atomic E-state index is 13.1. The highest BCUT2D eigenvalue weighted by Crippen LogP contribution is 2.26. The number of hydrogen-bond acceptors (Lipinski definition) is 4. The summed E-state index contributed by atoms with van der Waals surface area (Å²) in [7, 11) is 1.63. The van der Waals surface area contributed by atoms with Crippen molar-refractivity contribution in [2.24, 2.45) is 0 Å². The van der Waals surface area contributed by atoms with Crippen molar-refractivity contribution in [3.05, 3.63) is 56.4 Å². The second kappa shape index (κ2) is 7.14. The van der Waals surface area contributed by atoms with E-state index in [9.17, 15) is 4.79 Å². The van der Waals surface area contributed by atoms with Crippen molar-refractivity contribution in [1.82, 2.24) is 9.55 Å².